The maximum atomic E-state index is 13.8. The molecule has 0 aliphatic carbocycles. The van der Waals surface area contributed by atoms with E-state index in [1.165, 1.54) is 35.9 Å². The van der Waals surface area contributed by atoms with Gasteiger partial charge in [-0.3, -0.25) is 48.9 Å². The average Bonchev–Trinajstić information content (AvgIpc) is 3.85. The number of anilines is 2. The van der Waals surface area contributed by atoms with Crippen molar-refractivity contribution >= 4 is 52.9 Å². The lowest BCUT2D eigenvalue weighted by Gasteiger charge is -2.36. The first-order valence-electron chi connectivity index (χ1n) is 21.1. The van der Waals surface area contributed by atoms with E-state index in [1.54, 1.807) is 60.4 Å². The maximum absolute atomic E-state index is 13.8. The van der Waals surface area contributed by atoms with Gasteiger partial charge in [0.1, 0.15) is 17.5 Å². The molecular weight excluding hydrogens is 855 g/mol. The number of rotatable bonds is 11. The Hall–Kier alpha value is -8.29. The fraction of sp³-hybridized carbons (Fsp3) is 0.283. The van der Waals surface area contributed by atoms with Crippen LogP contribution in [0.25, 0.3) is 17.1 Å². The van der Waals surface area contributed by atoms with Gasteiger partial charge in [0.2, 0.25) is 17.6 Å². The molecule has 0 saturated carbocycles. The number of aromatic nitrogens is 3. The summed E-state index contributed by atoms with van der Waals surface area (Å²) in [5, 5.41) is 37.1. The molecule has 66 heavy (non-hydrogen) atoms. The second kappa shape index (κ2) is 18.1. The third-order valence-electron chi connectivity index (χ3n) is 11.6. The SMILES string of the molecule is CCNC(=O)c1nnc(-c2cc(C(C)C)c(O)cc2O)n1-c1ccc(C(=O)N2CCN(c3ccc(OC(=O)Nc4cccc5c4C(=O)N(C4CCC(=O)NC4=O)C5=O)c(OC)c3)CC2)cc1. The van der Waals surface area contributed by atoms with Crippen molar-refractivity contribution in [3.8, 4) is 40.1 Å². The first-order chi connectivity index (χ1) is 31.7. The van der Waals surface area contributed by atoms with Crippen molar-refractivity contribution in [2.75, 3.05) is 50.1 Å². The highest BCUT2D eigenvalue weighted by Gasteiger charge is 2.46. The van der Waals surface area contributed by atoms with Gasteiger partial charge in [0.05, 0.1) is 29.5 Å². The Morgan fingerprint density at radius 1 is 0.848 bits per heavy atom. The number of hydrogen-bond acceptors (Lipinski definition) is 14. The van der Waals surface area contributed by atoms with Crippen LogP contribution in [0.2, 0.25) is 0 Å². The number of carbonyl (C=O) groups excluding carboxylic acids is 7. The number of amides is 7. The largest absolute Gasteiger partial charge is 0.508 e. The van der Waals surface area contributed by atoms with Crippen LogP contribution in [0.15, 0.2) is 72.8 Å². The van der Waals surface area contributed by atoms with E-state index in [9.17, 15) is 43.8 Å². The van der Waals surface area contributed by atoms with E-state index in [2.05, 4.69) is 26.1 Å². The van der Waals surface area contributed by atoms with E-state index in [4.69, 9.17) is 9.47 Å². The van der Waals surface area contributed by atoms with Crippen LogP contribution < -0.4 is 30.3 Å². The van der Waals surface area contributed by atoms with Gasteiger partial charge in [-0.05, 0) is 79.4 Å². The predicted octanol–water partition coefficient (Wildman–Crippen LogP) is 4.20. The molecule has 4 heterocycles. The Labute approximate surface area is 377 Å². The lowest BCUT2D eigenvalue weighted by Crippen LogP contribution is -2.54. The van der Waals surface area contributed by atoms with Gasteiger partial charge in [0.15, 0.2) is 17.3 Å². The Kier molecular flexibility index (Phi) is 12.1. The van der Waals surface area contributed by atoms with E-state index in [1.807, 2.05) is 18.7 Å². The Morgan fingerprint density at radius 2 is 1.58 bits per heavy atom. The lowest BCUT2D eigenvalue weighted by molar-refractivity contribution is -0.136. The molecule has 5 N–H and O–H groups in total. The van der Waals surface area contributed by atoms with Crippen LogP contribution in [0.3, 0.4) is 0 Å². The van der Waals surface area contributed by atoms with Crippen molar-refractivity contribution in [1.82, 2.24) is 35.2 Å². The topological polar surface area (TPSA) is 255 Å². The number of phenolic OH excluding ortho intramolecular Hbond substituents is 2. The fourth-order valence-corrected chi connectivity index (χ4v) is 8.22. The van der Waals surface area contributed by atoms with Gasteiger partial charge in [-0.25, -0.2) is 4.79 Å². The summed E-state index contributed by atoms with van der Waals surface area (Å²) in [6.07, 6.45) is -1.03. The van der Waals surface area contributed by atoms with Crippen molar-refractivity contribution in [3.05, 3.63) is 101 Å². The number of aromatic hydroxyl groups is 2. The first kappa shape index (κ1) is 44.3. The van der Waals surface area contributed by atoms with Crippen LogP contribution in [0.4, 0.5) is 16.2 Å². The molecule has 0 spiro atoms. The highest BCUT2D eigenvalue weighted by molar-refractivity contribution is 6.26. The number of hydrogen-bond donors (Lipinski definition) is 5. The number of carbonyl (C=O) groups is 7. The number of piperazine rings is 1. The standard InChI is InChI=1S/C46H45N9O11/c1-5-47-42(60)40-51-50-39(30-22-29(24(2)3)33(56)23-34(30)57)54(40)26-11-9-25(10-12-26)43(61)53-19-17-52(18-20-53)27-13-15-35(36(21-27)65-4)66-46(64)48-31-8-6-7-28-38(31)45(63)55(44(28)62)32-14-16-37(58)49-41(32)59/h6-13,15,21-24,32,56-57H,5,14,16-20H2,1-4H3,(H,47,60)(H,48,64)(H,49,58,59). The minimum Gasteiger partial charge on any atom is -0.508 e. The summed E-state index contributed by atoms with van der Waals surface area (Å²) in [7, 11) is 1.41. The first-order valence-corrected chi connectivity index (χ1v) is 21.1. The van der Waals surface area contributed by atoms with Gasteiger partial charge in [0, 0.05) is 68.2 Å². The average molecular weight is 900 g/mol. The summed E-state index contributed by atoms with van der Waals surface area (Å²) in [6.45, 7) is 7.57. The number of phenols is 2. The zero-order valence-corrected chi connectivity index (χ0v) is 36.3. The molecule has 1 atom stereocenters. The second-order valence-electron chi connectivity index (χ2n) is 16.0. The minimum atomic E-state index is -1.17. The zero-order chi connectivity index (χ0) is 47.0. The highest BCUT2D eigenvalue weighted by Crippen LogP contribution is 2.39. The van der Waals surface area contributed by atoms with Crippen LogP contribution >= 0.6 is 0 Å². The molecule has 340 valence electrons. The molecule has 3 aliphatic rings. The Morgan fingerprint density at radius 3 is 2.26 bits per heavy atom. The summed E-state index contributed by atoms with van der Waals surface area (Å²) in [5.41, 5.74) is 2.31. The van der Waals surface area contributed by atoms with Gasteiger partial charge in [-0.15, -0.1) is 10.2 Å². The van der Waals surface area contributed by atoms with E-state index in [-0.39, 0.29) is 81.7 Å². The normalized spacial score (nSPS) is 16.0. The molecule has 1 unspecified atom stereocenters. The summed E-state index contributed by atoms with van der Waals surface area (Å²) in [5.74, 6) is -3.45. The summed E-state index contributed by atoms with van der Waals surface area (Å²) >= 11 is 0. The predicted molar refractivity (Wildman–Crippen MR) is 236 cm³/mol. The van der Waals surface area contributed by atoms with E-state index < -0.39 is 41.7 Å². The van der Waals surface area contributed by atoms with Gasteiger partial charge in [-0.2, -0.15) is 0 Å². The molecule has 0 bridgehead atoms. The summed E-state index contributed by atoms with van der Waals surface area (Å²) in [6, 6.07) is 17.6. The molecular formula is C46H45N9O11. The number of methoxy groups -OCH3 is 1. The molecule has 20 heteroatoms. The van der Waals surface area contributed by atoms with Crippen molar-refractivity contribution in [2.45, 2.75) is 45.6 Å². The monoisotopic (exact) mass is 899 g/mol. The number of nitrogens with one attached hydrogen (secondary N) is 3. The van der Waals surface area contributed by atoms with Crippen LogP contribution in [-0.2, 0) is 9.59 Å². The molecule has 2 fully saturated rings. The third kappa shape index (κ3) is 8.30. The third-order valence-corrected chi connectivity index (χ3v) is 11.6. The molecule has 1 aromatic heterocycles. The maximum Gasteiger partial charge on any atom is 0.417 e. The van der Waals surface area contributed by atoms with Crippen LogP contribution in [0, 0.1) is 0 Å². The van der Waals surface area contributed by atoms with Crippen molar-refractivity contribution in [1.29, 1.82) is 0 Å². The van der Waals surface area contributed by atoms with Gasteiger partial charge in [0.25, 0.3) is 23.6 Å². The molecule has 3 aliphatic heterocycles. The van der Waals surface area contributed by atoms with Crippen molar-refractivity contribution in [3.63, 3.8) is 0 Å². The smallest absolute Gasteiger partial charge is 0.417 e. The molecule has 7 amide bonds. The van der Waals surface area contributed by atoms with Crippen LogP contribution in [0.1, 0.15) is 86.8 Å². The summed E-state index contributed by atoms with van der Waals surface area (Å²) < 4.78 is 12.6. The number of ether oxygens (including phenoxy) is 2. The van der Waals surface area contributed by atoms with Crippen LogP contribution in [-0.4, -0.2) is 122 Å². The van der Waals surface area contributed by atoms with E-state index in [0.29, 0.717) is 49.5 Å². The van der Waals surface area contributed by atoms with Crippen LogP contribution in [0.5, 0.6) is 23.0 Å². The lowest BCUT2D eigenvalue weighted by atomic mass is 9.98. The number of fused-ring (bicyclic) bond motifs is 1. The fourth-order valence-electron chi connectivity index (χ4n) is 8.22. The van der Waals surface area contributed by atoms with Gasteiger partial charge in [-0.1, -0.05) is 19.9 Å². The molecule has 5 aromatic rings. The Bertz CT molecular complexity index is 2810. The molecule has 4 aromatic carbocycles. The quantitative estimate of drug-likeness (QED) is 0.117. The molecule has 0 radical (unpaired) electrons. The number of imide groups is 2. The number of piperidine rings is 1. The second-order valence-corrected chi connectivity index (χ2v) is 16.0. The molecule has 8 rings (SSSR count). The Balaban J connectivity index is 0.920. The molecule has 2 saturated heterocycles. The van der Waals surface area contributed by atoms with Gasteiger partial charge >= 0.3 is 6.09 Å². The number of benzene rings is 4. The summed E-state index contributed by atoms with van der Waals surface area (Å²) in [4.78, 5) is 95.5. The number of nitrogens with zero attached hydrogens (tertiary/aromatic N) is 6. The van der Waals surface area contributed by atoms with Crippen molar-refractivity contribution < 1.29 is 53.2 Å². The zero-order valence-electron chi connectivity index (χ0n) is 36.3. The van der Waals surface area contributed by atoms with Crippen molar-refractivity contribution in [2.24, 2.45) is 0 Å². The van der Waals surface area contributed by atoms with E-state index >= 15 is 0 Å². The highest BCUT2D eigenvalue weighted by atomic mass is 16.6. The van der Waals surface area contributed by atoms with Gasteiger partial charge < -0.3 is 34.8 Å². The molecule has 20 nitrogen and oxygen atoms in total. The van der Waals surface area contributed by atoms with E-state index in [0.717, 1.165) is 10.6 Å². The minimum absolute atomic E-state index is 0.00764.